The molecule has 0 aromatic heterocycles. The van der Waals surface area contributed by atoms with E-state index >= 15 is 0 Å². The van der Waals surface area contributed by atoms with Gasteiger partial charge in [0.1, 0.15) is 0 Å². The highest BCUT2D eigenvalue weighted by atomic mass is 32.2. The molecule has 4 saturated carbocycles. The standard InChI is InChI=1S/C25H36N2O4S/c1-4-5-16-6-8-20(9-7-16)32(30,31)27-24(2,3)22(28)12-21-18-10-17-11-19(21)15-25(13-17,14-18)23(26)29/h6-9,17-19,21,27H,4-5,10-15H2,1-3H3,(H2,26,29). The number of primary amides is 1. The lowest BCUT2D eigenvalue weighted by atomic mass is 9.45. The van der Waals surface area contributed by atoms with Gasteiger partial charge in [-0.3, -0.25) is 9.59 Å². The Hall–Kier alpha value is -1.73. The molecule has 4 fully saturated rings. The summed E-state index contributed by atoms with van der Waals surface area (Å²) in [4.78, 5) is 25.6. The van der Waals surface area contributed by atoms with Gasteiger partial charge in [-0.2, -0.15) is 4.72 Å². The number of sulfonamides is 1. The molecule has 1 amide bonds. The van der Waals surface area contributed by atoms with E-state index in [1.165, 1.54) is 0 Å². The maximum Gasteiger partial charge on any atom is 0.241 e. The number of amides is 1. The number of carbonyl (C=O) groups is 2. The molecule has 2 atom stereocenters. The average molecular weight is 461 g/mol. The number of ketones is 1. The Labute approximate surface area is 191 Å². The Balaban J connectivity index is 1.44. The number of aryl methyl sites for hydroxylation is 1. The Morgan fingerprint density at radius 3 is 2.22 bits per heavy atom. The van der Waals surface area contributed by atoms with Crippen molar-refractivity contribution in [1.82, 2.24) is 4.72 Å². The molecule has 1 aromatic carbocycles. The van der Waals surface area contributed by atoms with Gasteiger partial charge in [0.25, 0.3) is 0 Å². The van der Waals surface area contributed by atoms with Gasteiger partial charge in [-0.25, -0.2) is 8.42 Å². The minimum absolute atomic E-state index is 0.0886. The Morgan fingerprint density at radius 2 is 1.69 bits per heavy atom. The second kappa shape index (κ2) is 8.24. The summed E-state index contributed by atoms with van der Waals surface area (Å²) in [5, 5.41) is 0. The van der Waals surface area contributed by atoms with Crippen molar-refractivity contribution in [1.29, 1.82) is 0 Å². The van der Waals surface area contributed by atoms with Crippen molar-refractivity contribution in [3.8, 4) is 0 Å². The second-order valence-corrected chi connectivity index (χ2v) is 12.7. The van der Waals surface area contributed by atoms with Gasteiger partial charge in [0, 0.05) is 11.8 Å². The normalized spacial score (nSPS) is 31.6. The van der Waals surface area contributed by atoms with E-state index in [1.54, 1.807) is 26.0 Å². The van der Waals surface area contributed by atoms with Crippen LogP contribution in [0.25, 0.3) is 0 Å². The predicted octanol–water partition coefficient (Wildman–Crippen LogP) is 3.58. The van der Waals surface area contributed by atoms with Crippen LogP contribution in [-0.4, -0.2) is 25.6 Å². The summed E-state index contributed by atoms with van der Waals surface area (Å²) < 4.78 is 28.6. The lowest BCUT2D eigenvalue weighted by Gasteiger charge is -2.59. The van der Waals surface area contributed by atoms with Crippen molar-refractivity contribution in [2.75, 3.05) is 0 Å². The van der Waals surface area contributed by atoms with E-state index in [2.05, 4.69) is 11.6 Å². The molecule has 5 rings (SSSR count). The number of carbonyl (C=O) groups excluding carboxylic acids is 2. The van der Waals surface area contributed by atoms with Gasteiger partial charge in [0.15, 0.2) is 5.78 Å². The van der Waals surface area contributed by atoms with Crippen molar-refractivity contribution in [3.63, 3.8) is 0 Å². The van der Waals surface area contributed by atoms with Crippen molar-refractivity contribution in [2.45, 2.75) is 82.6 Å². The van der Waals surface area contributed by atoms with Crippen LogP contribution >= 0.6 is 0 Å². The molecule has 1 aromatic rings. The van der Waals surface area contributed by atoms with Crippen LogP contribution in [0.2, 0.25) is 0 Å². The third kappa shape index (κ3) is 4.26. The van der Waals surface area contributed by atoms with Gasteiger partial charge in [-0.1, -0.05) is 25.5 Å². The summed E-state index contributed by atoms with van der Waals surface area (Å²) in [6.45, 7) is 5.39. The zero-order valence-corrected chi connectivity index (χ0v) is 20.2. The molecule has 4 aliphatic carbocycles. The van der Waals surface area contributed by atoms with Gasteiger partial charge in [0.05, 0.1) is 10.4 Å². The fourth-order valence-corrected chi connectivity index (χ4v) is 8.21. The van der Waals surface area contributed by atoms with E-state index in [4.69, 9.17) is 5.73 Å². The van der Waals surface area contributed by atoms with Crippen molar-refractivity contribution < 1.29 is 18.0 Å². The number of nitrogens with one attached hydrogen (secondary N) is 1. The second-order valence-electron chi connectivity index (χ2n) is 11.0. The fourth-order valence-electron chi connectivity index (χ4n) is 6.81. The van der Waals surface area contributed by atoms with E-state index in [-0.39, 0.29) is 27.9 Å². The van der Waals surface area contributed by atoms with E-state index < -0.39 is 15.6 Å². The summed E-state index contributed by atoms with van der Waals surface area (Å²) in [6, 6.07) is 6.87. The molecule has 176 valence electrons. The lowest BCUT2D eigenvalue weighted by Crippen LogP contribution is -2.57. The van der Waals surface area contributed by atoms with Crippen molar-refractivity contribution in [3.05, 3.63) is 29.8 Å². The first-order chi connectivity index (χ1) is 15.0. The lowest BCUT2D eigenvalue weighted by molar-refractivity contribution is -0.152. The first kappa shape index (κ1) is 23.4. The van der Waals surface area contributed by atoms with E-state index in [0.717, 1.165) is 50.5 Å². The molecule has 4 bridgehead atoms. The number of Topliss-reactive ketones (excluding diaryl/α,β-unsaturated/α-hetero) is 1. The van der Waals surface area contributed by atoms with Crippen LogP contribution in [0.15, 0.2) is 29.2 Å². The zero-order valence-electron chi connectivity index (χ0n) is 19.4. The monoisotopic (exact) mass is 460 g/mol. The minimum atomic E-state index is -3.81. The van der Waals surface area contributed by atoms with Crippen LogP contribution in [-0.2, 0) is 26.0 Å². The molecule has 0 spiro atoms. The van der Waals surface area contributed by atoms with E-state index in [1.807, 2.05) is 12.1 Å². The fraction of sp³-hybridized carbons (Fsp3) is 0.680. The summed E-state index contributed by atoms with van der Waals surface area (Å²) in [7, 11) is -3.81. The first-order valence-electron chi connectivity index (χ1n) is 11.9. The van der Waals surface area contributed by atoms with Gasteiger partial charge in [-0.15, -0.1) is 0 Å². The highest BCUT2D eigenvalue weighted by molar-refractivity contribution is 7.89. The molecular formula is C25H36N2O4S. The largest absolute Gasteiger partial charge is 0.369 e. The summed E-state index contributed by atoms with van der Waals surface area (Å²) in [6.07, 6.45) is 6.82. The first-order valence-corrected chi connectivity index (χ1v) is 13.4. The summed E-state index contributed by atoms with van der Waals surface area (Å²) in [5.41, 5.74) is 5.30. The number of hydrogen-bond acceptors (Lipinski definition) is 4. The van der Waals surface area contributed by atoms with Crippen LogP contribution in [0.4, 0.5) is 0 Å². The van der Waals surface area contributed by atoms with Crippen LogP contribution in [0.1, 0.15) is 71.3 Å². The SMILES string of the molecule is CCCc1ccc(S(=O)(=O)NC(C)(C)C(=O)CC2C3CC4CC2CC(C(N)=O)(C4)C3)cc1. The number of nitrogens with two attached hydrogens (primary N) is 1. The quantitative estimate of drug-likeness (QED) is 0.587. The van der Waals surface area contributed by atoms with Gasteiger partial charge >= 0.3 is 0 Å². The Kier molecular flexibility index (Phi) is 6.04. The van der Waals surface area contributed by atoms with Gasteiger partial charge in [-0.05, 0) is 93.7 Å². The highest BCUT2D eigenvalue weighted by Crippen LogP contribution is 2.62. The molecule has 2 unspecified atom stereocenters. The van der Waals surface area contributed by atoms with E-state index in [9.17, 15) is 18.0 Å². The maximum absolute atomic E-state index is 13.3. The third-order valence-electron chi connectivity index (χ3n) is 8.27. The van der Waals surface area contributed by atoms with E-state index in [0.29, 0.717) is 24.2 Å². The highest BCUT2D eigenvalue weighted by Gasteiger charge is 2.58. The molecule has 0 saturated heterocycles. The van der Waals surface area contributed by atoms with Crippen molar-refractivity contribution in [2.24, 2.45) is 34.8 Å². The topological polar surface area (TPSA) is 106 Å². The molecule has 0 aliphatic heterocycles. The van der Waals surface area contributed by atoms with Crippen LogP contribution in [0, 0.1) is 29.1 Å². The molecule has 32 heavy (non-hydrogen) atoms. The maximum atomic E-state index is 13.3. The zero-order chi connectivity index (χ0) is 23.3. The van der Waals surface area contributed by atoms with Gasteiger partial charge < -0.3 is 5.73 Å². The number of benzene rings is 1. The molecule has 0 radical (unpaired) electrons. The number of hydrogen-bond donors (Lipinski definition) is 2. The van der Waals surface area contributed by atoms with Crippen LogP contribution < -0.4 is 10.5 Å². The Bertz CT molecular complexity index is 983. The van der Waals surface area contributed by atoms with Gasteiger partial charge in [0.2, 0.25) is 15.9 Å². The van der Waals surface area contributed by atoms with Crippen LogP contribution in [0.3, 0.4) is 0 Å². The molecule has 6 nitrogen and oxygen atoms in total. The predicted molar refractivity (Wildman–Crippen MR) is 123 cm³/mol. The smallest absolute Gasteiger partial charge is 0.241 e. The van der Waals surface area contributed by atoms with Crippen LogP contribution in [0.5, 0.6) is 0 Å². The average Bonchev–Trinajstić information content (AvgIpc) is 2.70. The molecule has 4 aliphatic rings. The Morgan fingerprint density at radius 1 is 1.09 bits per heavy atom. The molecule has 7 heteroatoms. The molecular weight excluding hydrogens is 424 g/mol. The molecule has 0 heterocycles. The third-order valence-corrected chi connectivity index (χ3v) is 9.94. The minimum Gasteiger partial charge on any atom is -0.369 e. The van der Waals surface area contributed by atoms with Crippen molar-refractivity contribution >= 4 is 21.7 Å². The summed E-state index contributed by atoms with van der Waals surface area (Å²) in [5.74, 6) is 1.14. The molecule has 3 N–H and O–H groups in total. The number of rotatable bonds is 9. The summed E-state index contributed by atoms with van der Waals surface area (Å²) >= 11 is 0.